The number of carbonyl (C=O) groups is 1. The molecule has 1 aliphatic rings. The van der Waals surface area contributed by atoms with Gasteiger partial charge in [-0.1, -0.05) is 6.92 Å². The first kappa shape index (κ1) is 15.4. The fourth-order valence-corrected chi connectivity index (χ4v) is 2.92. The zero-order chi connectivity index (χ0) is 14.8. The van der Waals surface area contributed by atoms with Gasteiger partial charge in [-0.2, -0.15) is 0 Å². The highest BCUT2D eigenvalue weighted by Crippen LogP contribution is 2.39. The molecule has 0 spiro atoms. The van der Waals surface area contributed by atoms with Crippen molar-refractivity contribution in [3.8, 4) is 0 Å². The van der Waals surface area contributed by atoms with Crippen molar-refractivity contribution in [3.63, 3.8) is 0 Å². The molecule has 0 saturated heterocycles. The Kier molecular flexibility index (Phi) is 4.81. The third-order valence-corrected chi connectivity index (χ3v) is 4.92. The summed E-state index contributed by atoms with van der Waals surface area (Å²) in [6.07, 6.45) is 3.63. The van der Waals surface area contributed by atoms with Crippen molar-refractivity contribution in [3.05, 3.63) is 28.5 Å². The maximum absolute atomic E-state index is 13.5. The monoisotopic (exact) mass is 342 g/mol. The first-order chi connectivity index (χ1) is 9.47. The van der Waals surface area contributed by atoms with Crippen LogP contribution in [0.5, 0.6) is 0 Å². The van der Waals surface area contributed by atoms with Gasteiger partial charge in [0.15, 0.2) is 0 Å². The highest BCUT2D eigenvalue weighted by molar-refractivity contribution is 9.10. The standard InChI is InChI=1S/C15H20BrFN2O/c1-10-4-6-15(9-18,7-5-10)14(20)19-11-2-3-12(16)13(17)8-11/h2-3,8,10H,4-7,9,18H2,1H3,(H,19,20). The molecule has 5 heteroatoms. The van der Waals surface area contributed by atoms with Gasteiger partial charge in [0.2, 0.25) is 5.91 Å². The minimum atomic E-state index is -0.504. The summed E-state index contributed by atoms with van der Waals surface area (Å²) in [6.45, 7) is 2.53. The summed E-state index contributed by atoms with van der Waals surface area (Å²) in [5, 5.41) is 2.81. The Labute approximate surface area is 127 Å². The van der Waals surface area contributed by atoms with E-state index < -0.39 is 5.41 Å². The molecule has 3 nitrogen and oxygen atoms in total. The van der Waals surface area contributed by atoms with Crippen LogP contribution in [0.3, 0.4) is 0 Å². The van der Waals surface area contributed by atoms with Crippen LogP contribution in [0.15, 0.2) is 22.7 Å². The molecule has 0 atom stereocenters. The number of rotatable bonds is 3. The molecule has 3 N–H and O–H groups in total. The quantitative estimate of drug-likeness (QED) is 0.880. The van der Waals surface area contributed by atoms with Crippen molar-refractivity contribution < 1.29 is 9.18 Å². The number of nitrogens with one attached hydrogen (secondary N) is 1. The van der Waals surface area contributed by atoms with Crippen LogP contribution < -0.4 is 11.1 Å². The van der Waals surface area contributed by atoms with E-state index >= 15 is 0 Å². The maximum atomic E-state index is 13.5. The Hall–Kier alpha value is -0.940. The predicted octanol–water partition coefficient (Wildman–Crippen LogP) is 3.68. The molecule has 1 aliphatic carbocycles. The Balaban J connectivity index is 2.11. The van der Waals surface area contributed by atoms with Gasteiger partial charge in [0, 0.05) is 12.2 Å². The highest BCUT2D eigenvalue weighted by Gasteiger charge is 2.39. The third kappa shape index (κ3) is 3.20. The van der Waals surface area contributed by atoms with E-state index in [4.69, 9.17) is 5.73 Å². The number of benzene rings is 1. The van der Waals surface area contributed by atoms with E-state index in [-0.39, 0.29) is 11.7 Å². The van der Waals surface area contributed by atoms with Gasteiger partial charge in [-0.25, -0.2) is 4.39 Å². The largest absolute Gasteiger partial charge is 0.329 e. The molecular formula is C15H20BrFN2O. The lowest BCUT2D eigenvalue weighted by molar-refractivity contribution is -0.127. The Morgan fingerprint density at radius 3 is 2.70 bits per heavy atom. The van der Waals surface area contributed by atoms with Gasteiger partial charge in [0.25, 0.3) is 0 Å². The van der Waals surface area contributed by atoms with Crippen molar-refractivity contribution in [2.75, 3.05) is 11.9 Å². The summed E-state index contributed by atoms with van der Waals surface area (Å²) in [7, 11) is 0. The number of amides is 1. The molecule has 20 heavy (non-hydrogen) atoms. The third-order valence-electron chi connectivity index (χ3n) is 4.28. The van der Waals surface area contributed by atoms with Crippen LogP contribution in [0.25, 0.3) is 0 Å². The molecule has 0 bridgehead atoms. The topological polar surface area (TPSA) is 55.1 Å². The summed E-state index contributed by atoms with van der Waals surface area (Å²) in [5.74, 6) is 0.170. The van der Waals surface area contributed by atoms with Crippen LogP contribution in [0.1, 0.15) is 32.6 Å². The SMILES string of the molecule is CC1CCC(CN)(C(=O)Nc2ccc(Br)c(F)c2)CC1. The van der Waals surface area contributed by atoms with Crippen LogP contribution in [0.4, 0.5) is 10.1 Å². The van der Waals surface area contributed by atoms with Gasteiger partial charge in [-0.3, -0.25) is 4.79 Å². The van der Waals surface area contributed by atoms with Crippen LogP contribution in [-0.2, 0) is 4.79 Å². The second-order valence-corrected chi connectivity index (χ2v) is 6.60. The molecule has 0 radical (unpaired) electrons. The minimum Gasteiger partial charge on any atom is -0.329 e. The van der Waals surface area contributed by atoms with Crippen LogP contribution in [0.2, 0.25) is 0 Å². The number of nitrogens with two attached hydrogens (primary N) is 1. The maximum Gasteiger partial charge on any atom is 0.231 e. The van der Waals surface area contributed by atoms with Crippen LogP contribution >= 0.6 is 15.9 Å². The summed E-state index contributed by atoms with van der Waals surface area (Å²) in [6, 6.07) is 4.58. The van der Waals surface area contributed by atoms with E-state index in [1.165, 1.54) is 6.07 Å². The van der Waals surface area contributed by atoms with Gasteiger partial charge in [-0.05, 0) is 65.7 Å². The molecule has 1 fully saturated rings. The average Bonchev–Trinajstić information content (AvgIpc) is 2.44. The Bertz CT molecular complexity index is 499. The van der Waals surface area contributed by atoms with E-state index in [1.54, 1.807) is 12.1 Å². The zero-order valence-corrected chi connectivity index (χ0v) is 13.2. The fourth-order valence-electron chi connectivity index (χ4n) is 2.68. The lowest BCUT2D eigenvalue weighted by Gasteiger charge is -2.37. The van der Waals surface area contributed by atoms with Crippen LogP contribution in [0, 0.1) is 17.2 Å². The lowest BCUT2D eigenvalue weighted by Crippen LogP contribution is -2.44. The lowest BCUT2D eigenvalue weighted by atomic mass is 9.70. The second kappa shape index (κ2) is 6.22. The number of halogens is 2. The number of carbonyl (C=O) groups excluding carboxylic acids is 1. The first-order valence-corrected chi connectivity index (χ1v) is 7.73. The van der Waals surface area contributed by atoms with E-state index in [9.17, 15) is 9.18 Å². The summed E-state index contributed by atoms with van der Waals surface area (Å²) < 4.78 is 13.9. The van der Waals surface area contributed by atoms with Gasteiger partial charge < -0.3 is 11.1 Å². The van der Waals surface area contributed by atoms with Gasteiger partial charge in [0.05, 0.1) is 9.89 Å². The number of anilines is 1. The average molecular weight is 343 g/mol. The molecular weight excluding hydrogens is 323 g/mol. The van der Waals surface area contributed by atoms with Gasteiger partial charge >= 0.3 is 0 Å². The van der Waals surface area contributed by atoms with Crippen LogP contribution in [-0.4, -0.2) is 12.5 Å². The Morgan fingerprint density at radius 2 is 2.15 bits per heavy atom. The normalized spacial score (nSPS) is 26.3. The molecule has 0 unspecified atom stereocenters. The molecule has 0 aromatic heterocycles. The molecule has 1 saturated carbocycles. The fraction of sp³-hybridized carbons (Fsp3) is 0.533. The van der Waals surface area contributed by atoms with Crippen molar-refractivity contribution >= 4 is 27.5 Å². The number of hydrogen-bond acceptors (Lipinski definition) is 2. The molecule has 0 aliphatic heterocycles. The molecule has 110 valence electrons. The van der Waals surface area contributed by atoms with E-state index in [0.717, 1.165) is 25.7 Å². The summed E-state index contributed by atoms with van der Waals surface area (Å²) >= 11 is 3.10. The number of hydrogen-bond donors (Lipinski definition) is 2. The highest BCUT2D eigenvalue weighted by atomic mass is 79.9. The molecule has 1 amide bonds. The predicted molar refractivity (Wildman–Crippen MR) is 81.8 cm³/mol. The van der Waals surface area contributed by atoms with Gasteiger partial charge in [0.1, 0.15) is 5.82 Å². The van der Waals surface area contributed by atoms with Gasteiger partial charge in [-0.15, -0.1) is 0 Å². The molecule has 1 aromatic rings. The van der Waals surface area contributed by atoms with Crippen molar-refractivity contribution in [2.45, 2.75) is 32.6 Å². The van der Waals surface area contributed by atoms with Crippen molar-refractivity contribution in [2.24, 2.45) is 17.1 Å². The minimum absolute atomic E-state index is 0.0892. The molecule has 0 heterocycles. The van der Waals surface area contributed by atoms with Crippen molar-refractivity contribution in [1.29, 1.82) is 0 Å². The Morgan fingerprint density at radius 1 is 1.50 bits per heavy atom. The smallest absolute Gasteiger partial charge is 0.231 e. The van der Waals surface area contributed by atoms with E-state index in [2.05, 4.69) is 28.2 Å². The second-order valence-electron chi connectivity index (χ2n) is 5.75. The molecule has 2 rings (SSSR count). The molecule has 1 aromatic carbocycles. The zero-order valence-electron chi connectivity index (χ0n) is 11.6. The van der Waals surface area contributed by atoms with Crippen molar-refractivity contribution in [1.82, 2.24) is 0 Å². The summed E-state index contributed by atoms with van der Waals surface area (Å²) in [4.78, 5) is 12.5. The summed E-state index contributed by atoms with van der Waals surface area (Å²) in [5.41, 5.74) is 5.82. The van der Waals surface area contributed by atoms with E-state index in [1.807, 2.05) is 0 Å². The first-order valence-electron chi connectivity index (χ1n) is 6.93. The van der Waals surface area contributed by atoms with E-state index in [0.29, 0.717) is 22.6 Å².